The van der Waals surface area contributed by atoms with Crippen LogP contribution < -0.4 is 0 Å². The van der Waals surface area contributed by atoms with Gasteiger partial charge in [0.1, 0.15) is 6.10 Å². The van der Waals surface area contributed by atoms with Crippen LogP contribution in [0.1, 0.15) is 24.2 Å². The fourth-order valence-electron chi connectivity index (χ4n) is 2.50. The molecule has 102 valence electrons. The van der Waals surface area contributed by atoms with Crippen molar-refractivity contribution in [2.24, 2.45) is 0 Å². The van der Waals surface area contributed by atoms with E-state index in [1.54, 1.807) is 6.92 Å². The van der Waals surface area contributed by atoms with Crippen molar-refractivity contribution in [2.45, 2.75) is 18.6 Å². The van der Waals surface area contributed by atoms with Gasteiger partial charge in [-0.15, -0.1) is 0 Å². The second-order valence-electron chi connectivity index (χ2n) is 4.73. The van der Waals surface area contributed by atoms with E-state index in [0.717, 1.165) is 11.1 Å². The summed E-state index contributed by atoms with van der Waals surface area (Å²) in [5.41, 5.74) is 0.843. The van der Waals surface area contributed by atoms with Crippen molar-refractivity contribution in [2.75, 3.05) is 6.61 Å². The molecule has 2 aromatic carbocycles. The Labute approximate surface area is 118 Å². The second kappa shape index (κ2) is 5.10. The molecule has 0 spiro atoms. The van der Waals surface area contributed by atoms with Crippen molar-refractivity contribution in [3.8, 4) is 0 Å². The van der Waals surface area contributed by atoms with Gasteiger partial charge in [0.2, 0.25) is 5.60 Å². The minimum absolute atomic E-state index is 0.273. The largest absolute Gasteiger partial charge is 0.464 e. The van der Waals surface area contributed by atoms with Crippen molar-refractivity contribution in [3.63, 3.8) is 0 Å². The van der Waals surface area contributed by atoms with E-state index in [9.17, 15) is 4.79 Å². The summed E-state index contributed by atoms with van der Waals surface area (Å²) in [6.45, 7) is 2.15. The zero-order chi connectivity index (χ0) is 14.0. The summed E-state index contributed by atoms with van der Waals surface area (Å²) in [7, 11) is 0. The minimum Gasteiger partial charge on any atom is -0.464 e. The molecule has 0 amide bonds. The quantitative estimate of drug-likeness (QED) is 0.631. The van der Waals surface area contributed by atoms with Crippen molar-refractivity contribution in [1.29, 1.82) is 0 Å². The van der Waals surface area contributed by atoms with E-state index < -0.39 is 5.60 Å². The first-order chi connectivity index (χ1) is 9.79. The van der Waals surface area contributed by atoms with Gasteiger partial charge in [0.25, 0.3) is 0 Å². The number of carbonyl (C=O) groups is 1. The molecule has 2 atom stereocenters. The van der Waals surface area contributed by atoms with Gasteiger partial charge >= 0.3 is 5.97 Å². The van der Waals surface area contributed by atoms with Crippen LogP contribution in [0.25, 0.3) is 0 Å². The van der Waals surface area contributed by atoms with Gasteiger partial charge in [-0.1, -0.05) is 60.7 Å². The maximum absolute atomic E-state index is 12.4. The van der Waals surface area contributed by atoms with E-state index in [2.05, 4.69) is 0 Å². The Hall–Kier alpha value is -2.13. The zero-order valence-electron chi connectivity index (χ0n) is 11.3. The van der Waals surface area contributed by atoms with Crippen LogP contribution in [0.5, 0.6) is 0 Å². The predicted molar refractivity (Wildman–Crippen MR) is 75.0 cm³/mol. The van der Waals surface area contributed by atoms with Gasteiger partial charge in [-0.3, -0.25) is 0 Å². The van der Waals surface area contributed by atoms with E-state index >= 15 is 0 Å². The number of epoxide rings is 1. The molecule has 3 nitrogen and oxygen atoms in total. The lowest BCUT2D eigenvalue weighted by Gasteiger charge is -2.12. The molecule has 1 aliphatic rings. The molecule has 3 heteroatoms. The Morgan fingerprint density at radius 3 is 2.30 bits per heavy atom. The van der Waals surface area contributed by atoms with Gasteiger partial charge in [-0.2, -0.15) is 0 Å². The van der Waals surface area contributed by atoms with Crippen LogP contribution in [0.15, 0.2) is 60.7 Å². The molecule has 2 aromatic rings. The number of hydrogen-bond acceptors (Lipinski definition) is 3. The van der Waals surface area contributed by atoms with Crippen molar-refractivity contribution in [1.82, 2.24) is 0 Å². The van der Waals surface area contributed by atoms with Crippen LogP contribution in [0, 0.1) is 0 Å². The summed E-state index contributed by atoms with van der Waals surface area (Å²) in [6, 6.07) is 19.3. The average Bonchev–Trinajstić information content (AvgIpc) is 3.26. The van der Waals surface area contributed by atoms with Crippen LogP contribution in [0.3, 0.4) is 0 Å². The summed E-state index contributed by atoms with van der Waals surface area (Å²) in [4.78, 5) is 12.4. The summed E-state index contributed by atoms with van der Waals surface area (Å²) in [6.07, 6.45) is -0.273. The molecule has 0 aromatic heterocycles. The summed E-state index contributed by atoms with van der Waals surface area (Å²) in [5.74, 6) is -0.319. The van der Waals surface area contributed by atoms with Gasteiger partial charge < -0.3 is 9.47 Å². The highest BCUT2D eigenvalue weighted by molar-refractivity contribution is 5.85. The Bertz CT molecular complexity index is 594. The van der Waals surface area contributed by atoms with E-state index in [0.29, 0.717) is 6.61 Å². The fraction of sp³-hybridized carbons (Fsp3) is 0.235. The molecule has 0 radical (unpaired) electrons. The Kier molecular flexibility index (Phi) is 3.28. The van der Waals surface area contributed by atoms with E-state index in [1.807, 2.05) is 60.7 Å². The molecule has 1 fully saturated rings. The Balaban J connectivity index is 1.98. The van der Waals surface area contributed by atoms with Crippen molar-refractivity contribution in [3.05, 3.63) is 71.8 Å². The Morgan fingerprint density at radius 1 is 1.10 bits per heavy atom. The van der Waals surface area contributed by atoms with Crippen molar-refractivity contribution >= 4 is 5.97 Å². The number of esters is 1. The molecule has 1 heterocycles. The lowest BCUT2D eigenvalue weighted by Crippen LogP contribution is -2.25. The first kappa shape index (κ1) is 12.9. The number of rotatable bonds is 4. The monoisotopic (exact) mass is 268 g/mol. The molecular formula is C17H16O3. The SMILES string of the molecule is CCOC(=O)C1(c2ccccc2)OC1c1ccccc1. The Morgan fingerprint density at radius 2 is 1.70 bits per heavy atom. The molecule has 3 rings (SSSR count). The maximum atomic E-state index is 12.4. The molecule has 1 saturated heterocycles. The van der Waals surface area contributed by atoms with E-state index in [-0.39, 0.29) is 12.1 Å². The lowest BCUT2D eigenvalue weighted by molar-refractivity contribution is -0.150. The average molecular weight is 268 g/mol. The van der Waals surface area contributed by atoms with Gasteiger partial charge in [0.05, 0.1) is 6.61 Å². The normalized spacial score (nSPS) is 24.1. The number of carbonyl (C=O) groups excluding carboxylic acids is 1. The third-order valence-corrected chi connectivity index (χ3v) is 3.50. The van der Waals surface area contributed by atoms with Gasteiger partial charge in [0.15, 0.2) is 0 Å². The molecule has 20 heavy (non-hydrogen) atoms. The third-order valence-electron chi connectivity index (χ3n) is 3.50. The van der Waals surface area contributed by atoms with Crippen LogP contribution in [0.4, 0.5) is 0 Å². The molecule has 0 saturated carbocycles. The highest BCUT2D eigenvalue weighted by Crippen LogP contribution is 2.57. The topological polar surface area (TPSA) is 38.8 Å². The zero-order valence-corrected chi connectivity index (χ0v) is 11.3. The molecular weight excluding hydrogens is 252 g/mol. The second-order valence-corrected chi connectivity index (χ2v) is 4.73. The number of hydrogen-bond donors (Lipinski definition) is 0. The highest BCUT2D eigenvalue weighted by Gasteiger charge is 2.65. The highest BCUT2D eigenvalue weighted by atomic mass is 16.7. The van der Waals surface area contributed by atoms with Crippen LogP contribution in [-0.4, -0.2) is 12.6 Å². The minimum atomic E-state index is -0.987. The first-order valence-electron chi connectivity index (χ1n) is 6.74. The van der Waals surface area contributed by atoms with Gasteiger partial charge in [-0.05, 0) is 18.1 Å². The smallest absolute Gasteiger partial charge is 0.346 e. The number of ether oxygens (including phenoxy) is 2. The van der Waals surface area contributed by atoms with Crippen LogP contribution in [0.2, 0.25) is 0 Å². The third kappa shape index (κ3) is 2.00. The predicted octanol–water partition coefficient (Wildman–Crippen LogP) is 3.22. The van der Waals surface area contributed by atoms with Crippen LogP contribution in [-0.2, 0) is 19.9 Å². The standard InChI is InChI=1S/C17H16O3/c1-2-19-16(18)17(14-11-7-4-8-12-14)15(20-17)13-9-5-3-6-10-13/h3-12,15H,2H2,1H3. The first-order valence-corrected chi connectivity index (χ1v) is 6.74. The molecule has 0 N–H and O–H groups in total. The van der Waals surface area contributed by atoms with Gasteiger partial charge in [-0.25, -0.2) is 4.79 Å². The van der Waals surface area contributed by atoms with Gasteiger partial charge in [0, 0.05) is 0 Å². The maximum Gasteiger partial charge on any atom is 0.346 e. The van der Waals surface area contributed by atoms with E-state index in [1.165, 1.54) is 0 Å². The molecule has 0 bridgehead atoms. The summed E-state index contributed by atoms with van der Waals surface area (Å²) >= 11 is 0. The molecule has 1 aliphatic heterocycles. The molecule has 2 unspecified atom stereocenters. The van der Waals surface area contributed by atoms with E-state index in [4.69, 9.17) is 9.47 Å². The lowest BCUT2D eigenvalue weighted by atomic mass is 9.92. The molecule has 0 aliphatic carbocycles. The summed E-state index contributed by atoms with van der Waals surface area (Å²) < 4.78 is 11.0. The fourth-order valence-corrected chi connectivity index (χ4v) is 2.50. The van der Waals surface area contributed by atoms with Crippen molar-refractivity contribution < 1.29 is 14.3 Å². The van der Waals surface area contributed by atoms with Crippen LogP contribution >= 0.6 is 0 Å². The number of benzene rings is 2. The summed E-state index contributed by atoms with van der Waals surface area (Å²) in [5, 5.41) is 0.